The molecule has 116 valence electrons. The summed E-state index contributed by atoms with van der Waals surface area (Å²) in [5.41, 5.74) is 1.15. The normalized spacial score (nSPS) is 24.9. The third-order valence-corrected chi connectivity index (χ3v) is 5.48. The Kier molecular flexibility index (Phi) is 5.09. The highest BCUT2D eigenvalue weighted by molar-refractivity contribution is 7.99. The minimum atomic E-state index is 0.0556. The van der Waals surface area contributed by atoms with Crippen molar-refractivity contribution in [2.45, 2.75) is 43.8 Å². The monoisotopic (exact) mass is 308 g/mol. The summed E-state index contributed by atoms with van der Waals surface area (Å²) in [4.78, 5) is 0. The van der Waals surface area contributed by atoms with Crippen LogP contribution < -0.4 is 4.74 Å². The van der Waals surface area contributed by atoms with Crippen molar-refractivity contribution in [3.05, 3.63) is 29.8 Å². The molecule has 0 amide bonds. The van der Waals surface area contributed by atoms with E-state index in [-0.39, 0.29) is 18.3 Å². The van der Waals surface area contributed by atoms with Gasteiger partial charge in [0.25, 0.3) is 0 Å². The second kappa shape index (κ2) is 7.03. The van der Waals surface area contributed by atoms with Crippen molar-refractivity contribution in [3.8, 4) is 5.75 Å². The molecule has 2 saturated heterocycles. The molecule has 1 aromatic rings. The van der Waals surface area contributed by atoms with E-state index in [1.54, 1.807) is 0 Å². The smallest absolute Gasteiger partial charge is 0.122 e. The van der Waals surface area contributed by atoms with Crippen LogP contribution in [0.4, 0.5) is 0 Å². The van der Waals surface area contributed by atoms with Gasteiger partial charge in [0.1, 0.15) is 11.9 Å². The molecule has 2 heterocycles. The molecule has 1 aromatic carbocycles. The van der Waals surface area contributed by atoms with Gasteiger partial charge in [-0.3, -0.25) is 0 Å². The van der Waals surface area contributed by atoms with Crippen LogP contribution in [0.25, 0.3) is 0 Å². The summed E-state index contributed by atoms with van der Waals surface area (Å²) in [5.74, 6) is 3.33. The van der Waals surface area contributed by atoms with Gasteiger partial charge < -0.3 is 14.6 Å². The zero-order valence-electron chi connectivity index (χ0n) is 12.4. The maximum atomic E-state index is 9.17. The highest BCUT2D eigenvalue weighted by Crippen LogP contribution is 2.38. The molecule has 2 aliphatic rings. The first-order valence-corrected chi connectivity index (χ1v) is 9.04. The standard InChI is InChI=1S/C17H24O3S/c18-9-5-14-3-1-2-4-16(14)20-15-6-10-19-17(13-15)7-11-21-12-8-17/h1-4,15,18H,5-13H2. The molecule has 1 atom stereocenters. The SMILES string of the molecule is OCCc1ccccc1OC1CCOC2(CCSCC2)C1. The van der Waals surface area contributed by atoms with Crippen LogP contribution >= 0.6 is 11.8 Å². The lowest BCUT2D eigenvalue weighted by Crippen LogP contribution is -2.46. The highest BCUT2D eigenvalue weighted by Gasteiger charge is 2.39. The van der Waals surface area contributed by atoms with Crippen molar-refractivity contribution in [1.29, 1.82) is 0 Å². The minimum absolute atomic E-state index is 0.0556. The maximum absolute atomic E-state index is 9.17. The summed E-state index contributed by atoms with van der Waals surface area (Å²) in [6.45, 7) is 0.965. The Morgan fingerprint density at radius 2 is 2.10 bits per heavy atom. The first-order chi connectivity index (χ1) is 10.3. The lowest BCUT2D eigenvalue weighted by atomic mass is 9.86. The van der Waals surface area contributed by atoms with Gasteiger partial charge in [-0.25, -0.2) is 0 Å². The molecule has 3 rings (SSSR count). The van der Waals surface area contributed by atoms with Crippen LogP contribution in [0.3, 0.4) is 0 Å². The second-order valence-corrected chi connectivity index (χ2v) is 7.18. The fourth-order valence-corrected chi connectivity index (χ4v) is 4.54. The Labute approximate surface area is 131 Å². The molecule has 0 bridgehead atoms. The fraction of sp³-hybridized carbons (Fsp3) is 0.647. The van der Waals surface area contributed by atoms with Gasteiger partial charge in [-0.05, 0) is 42.4 Å². The number of aliphatic hydroxyl groups is 1. The van der Waals surface area contributed by atoms with Crippen LogP contribution in [0.1, 0.15) is 31.2 Å². The lowest BCUT2D eigenvalue weighted by molar-refractivity contribution is -0.116. The van der Waals surface area contributed by atoms with E-state index in [4.69, 9.17) is 9.47 Å². The van der Waals surface area contributed by atoms with Gasteiger partial charge in [-0.15, -0.1) is 0 Å². The average Bonchev–Trinajstić information content (AvgIpc) is 2.50. The first-order valence-electron chi connectivity index (χ1n) is 7.88. The highest BCUT2D eigenvalue weighted by atomic mass is 32.2. The second-order valence-electron chi connectivity index (χ2n) is 5.96. The predicted molar refractivity (Wildman–Crippen MR) is 86.1 cm³/mol. The van der Waals surface area contributed by atoms with Crippen LogP contribution in [0.5, 0.6) is 5.75 Å². The summed E-state index contributed by atoms with van der Waals surface area (Å²) >= 11 is 2.03. The lowest BCUT2D eigenvalue weighted by Gasteiger charge is -2.43. The zero-order valence-corrected chi connectivity index (χ0v) is 13.2. The molecule has 3 nitrogen and oxygen atoms in total. The Balaban J connectivity index is 1.67. The van der Waals surface area contributed by atoms with E-state index in [9.17, 15) is 5.11 Å². The number of para-hydroxylation sites is 1. The zero-order chi connectivity index (χ0) is 14.5. The maximum Gasteiger partial charge on any atom is 0.122 e. The molecule has 2 aliphatic heterocycles. The van der Waals surface area contributed by atoms with Crippen LogP contribution in [0.2, 0.25) is 0 Å². The van der Waals surface area contributed by atoms with Gasteiger partial charge in [0.05, 0.1) is 12.2 Å². The Morgan fingerprint density at radius 1 is 1.29 bits per heavy atom. The number of hydrogen-bond donors (Lipinski definition) is 1. The van der Waals surface area contributed by atoms with E-state index in [0.29, 0.717) is 6.42 Å². The number of rotatable bonds is 4. The average molecular weight is 308 g/mol. The third-order valence-electron chi connectivity index (χ3n) is 4.50. The molecule has 1 spiro atoms. The summed E-state index contributed by atoms with van der Waals surface area (Å²) < 4.78 is 12.4. The van der Waals surface area contributed by atoms with Crippen molar-refractivity contribution >= 4 is 11.8 Å². The van der Waals surface area contributed by atoms with Crippen molar-refractivity contribution in [3.63, 3.8) is 0 Å². The molecule has 0 saturated carbocycles. The van der Waals surface area contributed by atoms with E-state index < -0.39 is 0 Å². The Morgan fingerprint density at radius 3 is 2.90 bits per heavy atom. The number of aliphatic hydroxyl groups excluding tert-OH is 1. The van der Waals surface area contributed by atoms with Crippen molar-refractivity contribution in [2.24, 2.45) is 0 Å². The topological polar surface area (TPSA) is 38.7 Å². The number of thioether (sulfide) groups is 1. The number of benzene rings is 1. The van der Waals surface area contributed by atoms with Crippen LogP contribution in [-0.2, 0) is 11.2 Å². The van der Waals surface area contributed by atoms with Crippen molar-refractivity contribution in [1.82, 2.24) is 0 Å². The van der Waals surface area contributed by atoms with Gasteiger partial charge in [0.15, 0.2) is 0 Å². The Hall–Kier alpha value is -0.710. The van der Waals surface area contributed by atoms with Gasteiger partial charge in [0.2, 0.25) is 0 Å². The number of hydrogen-bond acceptors (Lipinski definition) is 4. The largest absolute Gasteiger partial charge is 0.490 e. The molecule has 1 unspecified atom stereocenters. The molecular weight excluding hydrogens is 284 g/mol. The molecule has 0 aromatic heterocycles. The van der Waals surface area contributed by atoms with Crippen molar-refractivity contribution in [2.75, 3.05) is 24.7 Å². The molecule has 21 heavy (non-hydrogen) atoms. The quantitative estimate of drug-likeness (QED) is 0.928. The van der Waals surface area contributed by atoms with Crippen LogP contribution in [0.15, 0.2) is 24.3 Å². The fourth-order valence-electron chi connectivity index (χ4n) is 3.30. The Bertz CT molecular complexity index is 452. The van der Waals surface area contributed by atoms with E-state index in [2.05, 4.69) is 0 Å². The van der Waals surface area contributed by atoms with Gasteiger partial charge in [-0.1, -0.05) is 18.2 Å². The minimum Gasteiger partial charge on any atom is -0.490 e. The molecule has 4 heteroatoms. The molecule has 0 radical (unpaired) electrons. The van der Waals surface area contributed by atoms with Crippen molar-refractivity contribution < 1.29 is 14.6 Å². The van der Waals surface area contributed by atoms with E-state index in [1.165, 1.54) is 11.5 Å². The van der Waals surface area contributed by atoms with E-state index in [0.717, 1.165) is 43.6 Å². The van der Waals surface area contributed by atoms with Gasteiger partial charge in [-0.2, -0.15) is 11.8 Å². The van der Waals surface area contributed by atoms with E-state index >= 15 is 0 Å². The van der Waals surface area contributed by atoms with Crippen LogP contribution in [0, 0.1) is 0 Å². The van der Waals surface area contributed by atoms with Gasteiger partial charge in [0, 0.05) is 19.4 Å². The molecule has 1 N–H and O–H groups in total. The summed E-state index contributed by atoms with van der Waals surface area (Å²) in [6.07, 6.45) is 5.15. The summed E-state index contributed by atoms with van der Waals surface area (Å²) in [6, 6.07) is 8.06. The van der Waals surface area contributed by atoms with Gasteiger partial charge >= 0.3 is 0 Å². The predicted octanol–water partition coefficient (Wildman–Crippen LogP) is 3.05. The molecule has 2 fully saturated rings. The third kappa shape index (κ3) is 3.74. The summed E-state index contributed by atoms with van der Waals surface area (Å²) in [5, 5.41) is 9.17. The van der Waals surface area contributed by atoms with E-state index in [1.807, 2.05) is 36.0 Å². The van der Waals surface area contributed by atoms with Crippen LogP contribution in [-0.4, -0.2) is 41.5 Å². The number of ether oxygens (including phenoxy) is 2. The molecule has 0 aliphatic carbocycles. The molecular formula is C17H24O3S. The first kappa shape index (κ1) is 15.2. The summed E-state index contributed by atoms with van der Waals surface area (Å²) in [7, 11) is 0.